The molecule has 4 rings (SSSR count). The molecule has 2 heterocycles. The standard InChI is InChI=1S/C19H24N4O2/c1-25-13-17-20-18(12-22-11-3-2-10-19(22)24)23(21-17)16-9-5-7-14-6-4-8-15(14)16/h5,7,9H,2-4,6,8,10-13H2,1H3. The van der Waals surface area contributed by atoms with Gasteiger partial charge in [-0.05, 0) is 49.3 Å². The van der Waals surface area contributed by atoms with Gasteiger partial charge in [0.15, 0.2) is 11.6 Å². The van der Waals surface area contributed by atoms with E-state index in [-0.39, 0.29) is 5.91 Å². The molecule has 0 atom stereocenters. The van der Waals surface area contributed by atoms with Crippen LogP contribution in [-0.2, 0) is 35.5 Å². The van der Waals surface area contributed by atoms with Crippen LogP contribution in [0, 0.1) is 0 Å². The van der Waals surface area contributed by atoms with Gasteiger partial charge in [0.2, 0.25) is 5.91 Å². The normalized spacial score (nSPS) is 17.2. The molecule has 6 nitrogen and oxygen atoms in total. The number of aromatic nitrogens is 3. The van der Waals surface area contributed by atoms with Crippen molar-refractivity contribution in [1.29, 1.82) is 0 Å². The summed E-state index contributed by atoms with van der Waals surface area (Å²) in [4.78, 5) is 18.8. The SMILES string of the molecule is COCc1nc(CN2CCCCC2=O)n(-c2cccc3c2CCC3)n1. The first-order valence-corrected chi connectivity index (χ1v) is 9.09. The van der Waals surface area contributed by atoms with E-state index in [4.69, 9.17) is 4.74 Å². The van der Waals surface area contributed by atoms with Crippen LogP contribution in [0.3, 0.4) is 0 Å². The van der Waals surface area contributed by atoms with E-state index >= 15 is 0 Å². The van der Waals surface area contributed by atoms with Crippen molar-refractivity contribution in [1.82, 2.24) is 19.7 Å². The molecule has 0 N–H and O–H groups in total. The predicted molar refractivity (Wildman–Crippen MR) is 93.4 cm³/mol. The molecular weight excluding hydrogens is 316 g/mol. The summed E-state index contributed by atoms with van der Waals surface area (Å²) in [6.07, 6.45) is 6.08. The fourth-order valence-electron chi connectivity index (χ4n) is 3.87. The average Bonchev–Trinajstić information content (AvgIpc) is 3.24. The van der Waals surface area contributed by atoms with Gasteiger partial charge in [-0.2, -0.15) is 0 Å². The Kier molecular flexibility index (Phi) is 4.53. The maximum atomic E-state index is 12.2. The van der Waals surface area contributed by atoms with E-state index in [1.54, 1.807) is 7.11 Å². The van der Waals surface area contributed by atoms with Gasteiger partial charge in [0, 0.05) is 20.1 Å². The van der Waals surface area contributed by atoms with Crippen molar-refractivity contribution in [2.24, 2.45) is 0 Å². The molecule has 1 aliphatic carbocycles. The van der Waals surface area contributed by atoms with E-state index in [0.717, 1.165) is 43.7 Å². The molecule has 132 valence electrons. The van der Waals surface area contributed by atoms with Crippen molar-refractivity contribution >= 4 is 5.91 Å². The lowest BCUT2D eigenvalue weighted by molar-refractivity contribution is -0.134. The molecule has 0 spiro atoms. The largest absolute Gasteiger partial charge is 0.377 e. The van der Waals surface area contributed by atoms with Gasteiger partial charge in [0.05, 0.1) is 12.2 Å². The van der Waals surface area contributed by atoms with Gasteiger partial charge in [-0.1, -0.05) is 12.1 Å². The topological polar surface area (TPSA) is 60.2 Å². The first-order valence-electron chi connectivity index (χ1n) is 9.09. The van der Waals surface area contributed by atoms with E-state index in [1.807, 2.05) is 9.58 Å². The minimum absolute atomic E-state index is 0.215. The lowest BCUT2D eigenvalue weighted by Gasteiger charge is -2.26. The summed E-state index contributed by atoms with van der Waals surface area (Å²) in [5.74, 6) is 1.70. The number of carbonyl (C=O) groups is 1. The third kappa shape index (κ3) is 3.18. The van der Waals surface area contributed by atoms with E-state index < -0.39 is 0 Å². The van der Waals surface area contributed by atoms with Crippen LogP contribution < -0.4 is 0 Å². The molecule has 6 heteroatoms. The number of aryl methyl sites for hydroxylation is 1. The fourth-order valence-corrected chi connectivity index (χ4v) is 3.87. The third-order valence-electron chi connectivity index (χ3n) is 5.09. The van der Waals surface area contributed by atoms with E-state index in [0.29, 0.717) is 25.4 Å². The molecule has 0 bridgehead atoms. The average molecular weight is 340 g/mol. The molecule has 0 radical (unpaired) electrons. The van der Waals surface area contributed by atoms with Crippen LogP contribution in [0.5, 0.6) is 0 Å². The molecule has 25 heavy (non-hydrogen) atoms. The summed E-state index contributed by atoms with van der Waals surface area (Å²) in [6, 6.07) is 6.40. The number of rotatable bonds is 5. The summed E-state index contributed by atoms with van der Waals surface area (Å²) in [5, 5.41) is 4.68. The number of amides is 1. The number of hydrogen-bond donors (Lipinski definition) is 0. The Balaban J connectivity index is 1.71. The Bertz CT molecular complexity index is 784. The number of hydrogen-bond acceptors (Lipinski definition) is 4. The lowest BCUT2D eigenvalue weighted by atomic mass is 10.1. The van der Waals surface area contributed by atoms with Crippen LogP contribution in [0.2, 0.25) is 0 Å². The number of carbonyl (C=O) groups excluding carboxylic acids is 1. The quantitative estimate of drug-likeness (QED) is 0.839. The molecule has 1 aromatic heterocycles. The predicted octanol–water partition coefficient (Wildman–Crippen LogP) is 2.41. The van der Waals surface area contributed by atoms with Crippen molar-refractivity contribution < 1.29 is 9.53 Å². The van der Waals surface area contributed by atoms with Crippen LogP contribution >= 0.6 is 0 Å². The zero-order valence-corrected chi connectivity index (χ0v) is 14.7. The van der Waals surface area contributed by atoms with Crippen molar-refractivity contribution in [3.05, 3.63) is 41.0 Å². The van der Waals surface area contributed by atoms with E-state index in [1.165, 1.54) is 17.5 Å². The van der Waals surface area contributed by atoms with Crippen LogP contribution in [0.4, 0.5) is 0 Å². The van der Waals surface area contributed by atoms with Crippen LogP contribution in [0.25, 0.3) is 5.69 Å². The maximum Gasteiger partial charge on any atom is 0.222 e. The number of benzene rings is 1. The molecule has 1 aromatic carbocycles. The summed E-state index contributed by atoms with van der Waals surface area (Å²) in [5.41, 5.74) is 3.87. The molecule has 1 fully saturated rings. The number of ether oxygens (including phenoxy) is 1. The second kappa shape index (κ2) is 6.96. The summed E-state index contributed by atoms with van der Waals surface area (Å²) in [7, 11) is 1.65. The monoisotopic (exact) mass is 340 g/mol. The molecule has 1 saturated heterocycles. The van der Waals surface area contributed by atoms with Gasteiger partial charge < -0.3 is 9.64 Å². The Labute approximate surface area is 147 Å². The lowest BCUT2D eigenvalue weighted by Crippen LogP contribution is -2.35. The van der Waals surface area contributed by atoms with Crippen molar-refractivity contribution in [3.8, 4) is 5.69 Å². The molecule has 0 unspecified atom stereocenters. The zero-order valence-electron chi connectivity index (χ0n) is 14.7. The minimum Gasteiger partial charge on any atom is -0.377 e. The van der Waals surface area contributed by atoms with Gasteiger partial charge in [0.1, 0.15) is 6.61 Å². The van der Waals surface area contributed by atoms with Crippen molar-refractivity contribution in [3.63, 3.8) is 0 Å². The van der Waals surface area contributed by atoms with Crippen molar-refractivity contribution in [2.45, 2.75) is 51.7 Å². The summed E-state index contributed by atoms with van der Waals surface area (Å²) < 4.78 is 7.15. The van der Waals surface area contributed by atoms with E-state index in [2.05, 4.69) is 28.3 Å². The second-order valence-electron chi connectivity index (χ2n) is 6.83. The van der Waals surface area contributed by atoms with Crippen LogP contribution in [0.1, 0.15) is 48.5 Å². The van der Waals surface area contributed by atoms with Crippen LogP contribution in [0.15, 0.2) is 18.2 Å². The number of likely N-dealkylation sites (tertiary alicyclic amines) is 1. The molecule has 1 aliphatic heterocycles. The minimum atomic E-state index is 0.215. The highest BCUT2D eigenvalue weighted by Crippen LogP contribution is 2.28. The number of methoxy groups -OCH3 is 1. The molecule has 1 amide bonds. The highest BCUT2D eigenvalue weighted by Gasteiger charge is 2.24. The highest BCUT2D eigenvalue weighted by atomic mass is 16.5. The van der Waals surface area contributed by atoms with E-state index in [9.17, 15) is 4.79 Å². The Morgan fingerprint density at radius 2 is 2.08 bits per heavy atom. The molecule has 2 aromatic rings. The third-order valence-corrected chi connectivity index (χ3v) is 5.09. The number of fused-ring (bicyclic) bond motifs is 1. The first-order chi connectivity index (χ1) is 12.3. The molecule has 0 saturated carbocycles. The van der Waals surface area contributed by atoms with Gasteiger partial charge in [0.25, 0.3) is 0 Å². The number of piperidine rings is 1. The Morgan fingerprint density at radius 3 is 2.92 bits per heavy atom. The Morgan fingerprint density at radius 1 is 1.16 bits per heavy atom. The highest BCUT2D eigenvalue weighted by molar-refractivity contribution is 5.76. The van der Waals surface area contributed by atoms with Gasteiger partial charge >= 0.3 is 0 Å². The van der Waals surface area contributed by atoms with Crippen molar-refractivity contribution in [2.75, 3.05) is 13.7 Å². The zero-order chi connectivity index (χ0) is 17.2. The maximum absolute atomic E-state index is 12.2. The fraction of sp³-hybridized carbons (Fsp3) is 0.526. The first kappa shape index (κ1) is 16.3. The molecule has 2 aliphatic rings. The van der Waals surface area contributed by atoms with Gasteiger partial charge in [-0.25, -0.2) is 9.67 Å². The second-order valence-corrected chi connectivity index (χ2v) is 6.83. The Hall–Kier alpha value is -2.21. The summed E-state index contributed by atoms with van der Waals surface area (Å²) in [6.45, 7) is 1.69. The van der Waals surface area contributed by atoms with Gasteiger partial charge in [-0.15, -0.1) is 5.10 Å². The smallest absolute Gasteiger partial charge is 0.222 e. The number of nitrogens with zero attached hydrogens (tertiary/aromatic N) is 4. The summed E-state index contributed by atoms with van der Waals surface area (Å²) >= 11 is 0. The van der Waals surface area contributed by atoms with Crippen LogP contribution in [-0.4, -0.2) is 39.2 Å². The van der Waals surface area contributed by atoms with Gasteiger partial charge in [-0.3, -0.25) is 4.79 Å². The molecular formula is C19H24N4O2.